The van der Waals surface area contributed by atoms with Crippen molar-refractivity contribution < 1.29 is 14.3 Å². The summed E-state index contributed by atoms with van der Waals surface area (Å²) in [5.74, 6) is 0. The van der Waals surface area contributed by atoms with Crippen LogP contribution in [0.1, 0.15) is 0 Å². The van der Waals surface area contributed by atoms with Crippen LogP contribution in [0.4, 0.5) is 4.79 Å². The highest BCUT2D eigenvalue weighted by molar-refractivity contribution is 5.59. The molecule has 0 amide bonds. The van der Waals surface area contributed by atoms with E-state index in [0.717, 1.165) is 0 Å². The third-order valence-corrected chi connectivity index (χ3v) is 0.470. The predicted octanol–water partition coefficient (Wildman–Crippen LogP) is 1.04. The summed E-state index contributed by atoms with van der Waals surface area (Å²) in [6.45, 7) is -0.330. The molecule has 50 valence electrons. The number of azide groups is 1. The first kappa shape index (κ1) is 7.58. The number of carbonyl (C=O) groups excluding carboxylic acids is 1. The third-order valence-electron chi connectivity index (χ3n) is 0.470. The zero-order valence-corrected chi connectivity index (χ0v) is 4.77. The molecule has 0 atom stereocenters. The van der Waals surface area contributed by atoms with E-state index < -0.39 is 6.16 Å². The van der Waals surface area contributed by atoms with Crippen molar-refractivity contribution in [2.75, 3.05) is 13.8 Å². The fraction of sp³-hybridized carbons (Fsp3) is 0.667. The number of hydrogen-bond donors (Lipinski definition) is 0. The van der Waals surface area contributed by atoms with Gasteiger partial charge < -0.3 is 9.47 Å². The Morgan fingerprint density at radius 1 is 1.89 bits per heavy atom. The molecule has 0 spiro atoms. The second kappa shape index (κ2) is 4.73. The van der Waals surface area contributed by atoms with Crippen molar-refractivity contribution in [3.8, 4) is 0 Å². The van der Waals surface area contributed by atoms with Gasteiger partial charge in [-0.3, -0.25) is 0 Å². The first-order chi connectivity index (χ1) is 4.31. The van der Waals surface area contributed by atoms with Crippen molar-refractivity contribution in [3.63, 3.8) is 0 Å². The van der Waals surface area contributed by atoms with Crippen molar-refractivity contribution in [1.29, 1.82) is 0 Å². The molecule has 9 heavy (non-hydrogen) atoms. The molecule has 0 heterocycles. The van der Waals surface area contributed by atoms with Crippen LogP contribution in [0.2, 0.25) is 0 Å². The summed E-state index contributed by atoms with van der Waals surface area (Å²) in [4.78, 5) is 12.4. The van der Waals surface area contributed by atoms with E-state index in [1.807, 2.05) is 0 Å². The van der Waals surface area contributed by atoms with E-state index in [1.165, 1.54) is 7.11 Å². The summed E-state index contributed by atoms with van der Waals surface area (Å²) in [7, 11) is 1.17. The van der Waals surface area contributed by atoms with Crippen molar-refractivity contribution in [3.05, 3.63) is 10.4 Å². The first-order valence-corrected chi connectivity index (χ1v) is 2.03. The van der Waals surface area contributed by atoms with Gasteiger partial charge in [0.05, 0.1) is 7.11 Å². The Kier molecular flexibility index (Phi) is 3.99. The second-order valence-electron chi connectivity index (χ2n) is 0.958. The fourth-order valence-corrected chi connectivity index (χ4v) is 0.166. The summed E-state index contributed by atoms with van der Waals surface area (Å²) < 4.78 is 8.20. The molecule has 0 aromatic rings. The molecule has 0 rings (SSSR count). The van der Waals surface area contributed by atoms with Gasteiger partial charge in [-0.2, -0.15) is 0 Å². The smallest absolute Gasteiger partial charge is 0.438 e. The van der Waals surface area contributed by atoms with Gasteiger partial charge in [0.1, 0.15) is 0 Å². The van der Waals surface area contributed by atoms with E-state index in [4.69, 9.17) is 5.53 Å². The largest absolute Gasteiger partial charge is 0.508 e. The Hall–Kier alpha value is -1.42. The van der Waals surface area contributed by atoms with E-state index >= 15 is 0 Å². The number of hydrogen-bond acceptors (Lipinski definition) is 4. The van der Waals surface area contributed by atoms with E-state index in [1.54, 1.807) is 0 Å². The highest BCUT2D eigenvalue weighted by atomic mass is 16.7. The topological polar surface area (TPSA) is 84.3 Å². The molecule has 0 bridgehead atoms. The van der Waals surface area contributed by atoms with E-state index in [2.05, 4.69) is 19.5 Å². The van der Waals surface area contributed by atoms with Crippen LogP contribution in [-0.2, 0) is 9.47 Å². The zero-order chi connectivity index (χ0) is 7.11. The van der Waals surface area contributed by atoms with Crippen LogP contribution in [-0.4, -0.2) is 20.0 Å². The molecule has 6 nitrogen and oxygen atoms in total. The van der Waals surface area contributed by atoms with Gasteiger partial charge in [0, 0.05) is 4.91 Å². The molecular weight excluding hydrogens is 126 g/mol. The van der Waals surface area contributed by atoms with Gasteiger partial charge in [-0.05, 0) is 5.53 Å². The van der Waals surface area contributed by atoms with Gasteiger partial charge in [-0.15, -0.1) is 0 Å². The molecule has 0 aromatic heterocycles. The lowest BCUT2D eigenvalue weighted by molar-refractivity contribution is 0.0749. The second-order valence-corrected chi connectivity index (χ2v) is 0.958. The Morgan fingerprint density at radius 2 is 2.56 bits per heavy atom. The average molecular weight is 131 g/mol. The van der Waals surface area contributed by atoms with Gasteiger partial charge in [-0.25, -0.2) is 4.79 Å². The minimum absolute atomic E-state index is 0.330. The zero-order valence-electron chi connectivity index (χ0n) is 4.77. The molecule has 0 aromatic carbocycles. The van der Waals surface area contributed by atoms with Crippen LogP contribution in [0.3, 0.4) is 0 Å². The van der Waals surface area contributed by atoms with E-state index in [0.29, 0.717) is 0 Å². The Bertz CT molecular complexity index is 139. The normalized spacial score (nSPS) is 7.22. The van der Waals surface area contributed by atoms with Gasteiger partial charge in [0.2, 0.25) is 0 Å². The summed E-state index contributed by atoms with van der Waals surface area (Å²) in [5.41, 5.74) is 7.68. The minimum atomic E-state index is -0.859. The highest BCUT2D eigenvalue weighted by Crippen LogP contribution is 1.81. The summed E-state index contributed by atoms with van der Waals surface area (Å²) in [6, 6.07) is 0. The molecule has 0 aliphatic rings. The molecule has 0 saturated carbocycles. The van der Waals surface area contributed by atoms with Crippen LogP contribution < -0.4 is 0 Å². The number of ether oxygens (including phenoxy) is 2. The van der Waals surface area contributed by atoms with Crippen molar-refractivity contribution in [2.45, 2.75) is 0 Å². The maximum absolute atomic E-state index is 10.1. The van der Waals surface area contributed by atoms with Crippen LogP contribution in [0.15, 0.2) is 5.11 Å². The highest BCUT2D eigenvalue weighted by Gasteiger charge is 1.94. The van der Waals surface area contributed by atoms with Crippen molar-refractivity contribution in [2.24, 2.45) is 5.11 Å². The summed E-state index contributed by atoms with van der Waals surface area (Å²) in [5, 5.41) is 2.92. The molecule has 0 aliphatic carbocycles. The number of carbonyl (C=O) groups is 1. The van der Waals surface area contributed by atoms with E-state index in [9.17, 15) is 4.79 Å². The maximum Gasteiger partial charge on any atom is 0.508 e. The number of nitrogens with zero attached hydrogens (tertiary/aromatic N) is 3. The molecule has 0 fully saturated rings. The number of rotatable bonds is 2. The average Bonchev–Trinajstić information content (AvgIpc) is 1.89. The lowest BCUT2D eigenvalue weighted by Crippen LogP contribution is -2.02. The molecular formula is C3H5N3O3. The van der Waals surface area contributed by atoms with Crippen molar-refractivity contribution >= 4 is 6.16 Å². The first-order valence-electron chi connectivity index (χ1n) is 2.03. The predicted molar refractivity (Wildman–Crippen MR) is 27.5 cm³/mol. The van der Waals surface area contributed by atoms with Crippen LogP contribution >= 0.6 is 0 Å². The van der Waals surface area contributed by atoms with Gasteiger partial charge in [0.15, 0.2) is 6.73 Å². The maximum atomic E-state index is 10.1. The van der Waals surface area contributed by atoms with Crippen molar-refractivity contribution in [1.82, 2.24) is 0 Å². The Balaban J connectivity index is 3.27. The lowest BCUT2D eigenvalue weighted by atomic mass is 11.2. The Labute approximate surface area is 51.0 Å². The third kappa shape index (κ3) is 4.43. The molecule has 0 N–H and O–H groups in total. The monoisotopic (exact) mass is 131 g/mol. The summed E-state index contributed by atoms with van der Waals surface area (Å²) >= 11 is 0. The molecule has 0 unspecified atom stereocenters. The molecule has 0 saturated heterocycles. The standard InChI is InChI=1S/C3H5N3O3/c1-8-3(7)9-2-5-6-4/h2H2,1H3. The molecule has 0 radical (unpaired) electrons. The van der Waals surface area contributed by atoms with Crippen LogP contribution in [0.5, 0.6) is 0 Å². The quantitative estimate of drug-likeness (QED) is 0.243. The minimum Gasteiger partial charge on any atom is -0.438 e. The lowest BCUT2D eigenvalue weighted by Gasteiger charge is -1.94. The fourth-order valence-electron chi connectivity index (χ4n) is 0.166. The van der Waals surface area contributed by atoms with Gasteiger partial charge in [-0.1, -0.05) is 5.11 Å². The van der Waals surface area contributed by atoms with Crippen LogP contribution in [0.25, 0.3) is 10.4 Å². The Morgan fingerprint density at radius 3 is 3.00 bits per heavy atom. The van der Waals surface area contributed by atoms with E-state index in [-0.39, 0.29) is 6.73 Å². The SMILES string of the molecule is COC(=O)OCN=[N+]=[N-]. The molecule has 6 heteroatoms. The van der Waals surface area contributed by atoms with Gasteiger partial charge >= 0.3 is 6.16 Å². The summed E-state index contributed by atoms with van der Waals surface area (Å²) in [6.07, 6.45) is -0.859. The van der Waals surface area contributed by atoms with Crippen LogP contribution in [0, 0.1) is 0 Å². The molecule has 0 aliphatic heterocycles. The number of methoxy groups -OCH3 is 1. The van der Waals surface area contributed by atoms with Gasteiger partial charge in [0.25, 0.3) is 0 Å².